The van der Waals surface area contributed by atoms with Crippen LogP contribution in [0.1, 0.15) is 6.42 Å². The predicted octanol–water partition coefficient (Wildman–Crippen LogP) is 3.68. The maximum Gasteiger partial charge on any atom is 0.118 e. The Morgan fingerprint density at radius 1 is 1.11 bits per heavy atom. The van der Waals surface area contributed by atoms with Crippen molar-refractivity contribution in [3.05, 3.63) is 72.3 Å². The smallest absolute Gasteiger partial charge is 0.118 e. The van der Waals surface area contributed by atoms with E-state index in [0.29, 0.717) is 6.61 Å². The molecule has 2 rings (SSSR count). The molecule has 0 saturated carbocycles. The minimum atomic E-state index is 0.283. The van der Waals surface area contributed by atoms with Crippen LogP contribution >= 0.6 is 0 Å². The van der Waals surface area contributed by atoms with Gasteiger partial charge in [0.15, 0.2) is 0 Å². The molecule has 2 aliphatic carbocycles. The molecule has 2 nitrogen and oxygen atoms in total. The minimum absolute atomic E-state index is 0.283. The van der Waals surface area contributed by atoms with Gasteiger partial charge in [0.2, 0.25) is 0 Å². The number of allylic oxidation sites excluding steroid dienone is 8. The summed E-state index contributed by atoms with van der Waals surface area (Å²) < 4.78 is 11.0. The summed E-state index contributed by atoms with van der Waals surface area (Å²) in [6.45, 7) is 0.658. The van der Waals surface area contributed by atoms with Gasteiger partial charge in [-0.3, -0.25) is 0 Å². The Bertz CT molecular complexity index is 448. The highest BCUT2D eigenvalue weighted by Crippen LogP contribution is 2.15. The van der Waals surface area contributed by atoms with Crippen LogP contribution in [-0.2, 0) is 9.47 Å². The van der Waals surface area contributed by atoms with Gasteiger partial charge < -0.3 is 9.47 Å². The van der Waals surface area contributed by atoms with Gasteiger partial charge in [0.1, 0.15) is 5.76 Å². The van der Waals surface area contributed by atoms with Crippen LogP contribution in [0.4, 0.5) is 0 Å². The van der Waals surface area contributed by atoms with Crippen molar-refractivity contribution in [3.63, 3.8) is 0 Å². The topological polar surface area (TPSA) is 18.5 Å². The van der Waals surface area contributed by atoms with Gasteiger partial charge in [-0.05, 0) is 18.2 Å². The first-order chi connectivity index (χ1) is 8.88. The Morgan fingerprint density at radius 2 is 2.06 bits per heavy atom. The molecule has 18 heavy (non-hydrogen) atoms. The van der Waals surface area contributed by atoms with Crippen molar-refractivity contribution in [2.24, 2.45) is 5.92 Å². The molecule has 94 valence electrons. The first kappa shape index (κ1) is 12.5. The van der Waals surface area contributed by atoms with Crippen LogP contribution in [0.5, 0.6) is 0 Å². The van der Waals surface area contributed by atoms with Crippen molar-refractivity contribution >= 4 is 0 Å². The van der Waals surface area contributed by atoms with Crippen molar-refractivity contribution in [1.29, 1.82) is 0 Å². The van der Waals surface area contributed by atoms with Crippen LogP contribution in [0.15, 0.2) is 72.3 Å². The van der Waals surface area contributed by atoms with Crippen LogP contribution in [0, 0.1) is 5.92 Å². The van der Waals surface area contributed by atoms with Gasteiger partial charge >= 0.3 is 0 Å². The molecule has 0 saturated heterocycles. The Labute approximate surface area is 108 Å². The highest BCUT2D eigenvalue weighted by atomic mass is 16.5. The lowest BCUT2D eigenvalue weighted by Crippen LogP contribution is -2.04. The summed E-state index contributed by atoms with van der Waals surface area (Å²) >= 11 is 0. The van der Waals surface area contributed by atoms with Crippen molar-refractivity contribution in [2.75, 3.05) is 13.7 Å². The predicted molar refractivity (Wildman–Crippen MR) is 73.8 cm³/mol. The van der Waals surface area contributed by atoms with E-state index in [-0.39, 0.29) is 5.92 Å². The largest absolute Gasteiger partial charge is 0.497 e. The molecule has 0 spiro atoms. The zero-order valence-corrected chi connectivity index (χ0v) is 10.6. The lowest BCUT2D eigenvalue weighted by Gasteiger charge is -2.11. The second-order valence-corrected chi connectivity index (χ2v) is 4.14. The SMILES string of the molecule is COC1=CC=CC(COC2=CC=CC=CC2)C=C1. The van der Waals surface area contributed by atoms with Crippen molar-refractivity contribution in [1.82, 2.24) is 0 Å². The summed E-state index contributed by atoms with van der Waals surface area (Å²) in [5.74, 6) is 2.16. The van der Waals surface area contributed by atoms with Crippen LogP contribution in [0.3, 0.4) is 0 Å². The lowest BCUT2D eigenvalue weighted by molar-refractivity contribution is 0.193. The summed E-state index contributed by atoms with van der Waals surface area (Å²) in [6, 6.07) is 0. The summed E-state index contributed by atoms with van der Waals surface area (Å²) in [5.41, 5.74) is 0. The highest BCUT2D eigenvalue weighted by molar-refractivity contribution is 5.25. The number of methoxy groups -OCH3 is 1. The number of ether oxygens (including phenoxy) is 2. The van der Waals surface area contributed by atoms with E-state index < -0.39 is 0 Å². The van der Waals surface area contributed by atoms with Crippen LogP contribution < -0.4 is 0 Å². The molecule has 0 aromatic rings. The van der Waals surface area contributed by atoms with Crippen molar-refractivity contribution in [3.8, 4) is 0 Å². The molecular weight excluding hydrogens is 224 g/mol. The van der Waals surface area contributed by atoms with Gasteiger partial charge in [-0.25, -0.2) is 0 Å². The lowest BCUT2D eigenvalue weighted by atomic mass is 10.1. The Kier molecular flexibility index (Phi) is 4.65. The molecule has 0 aromatic carbocycles. The van der Waals surface area contributed by atoms with Gasteiger partial charge in [0, 0.05) is 12.3 Å². The van der Waals surface area contributed by atoms with Gasteiger partial charge in [-0.15, -0.1) is 0 Å². The van der Waals surface area contributed by atoms with E-state index in [4.69, 9.17) is 9.47 Å². The van der Waals surface area contributed by atoms with E-state index in [1.165, 1.54) is 0 Å². The fraction of sp³-hybridized carbons (Fsp3) is 0.250. The molecule has 0 radical (unpaired) electrons. The van der Waals surface area contributed by atoms with Gasteiger partial charge in [-0.2, -0.15) is 0 Å². The molecule has 0 amide bonds. The average molecular weight is 242 g/mol. The van der Waals surface area contributed by atoms with Crippen LogP contribution in [0.25, 0.3) is 0 Å². The Balaban J connectivity index is 1.86. The van der Waals surface area contributed by atoms with Gasteiger partial charge in [-0.1, -0.05) is 42.5 Å². The fourth-order valence-corrected chi connectivity index (χ4v) is 1.75. The van der Waals surface area contributed by atoms with Gasteiger partial charge in [0.25, 0.3) is 0 Å². The number of rotatable bonds is 4. The van der Waals surface area contributed by atoms with E-state index in [9.17, 15) is 0 Å². The molecule has 0 aromatic heterocycles. The molecule has 1 unspecified atom stereocenters. The van der Waals surface area contributed by atoms with Crippen LogP contribution in [0.2, 0.25) is 0 Å². The molecule has 0 N–H and O–H groups in total. The van der Waals surface area contributed by atoms with E-state index in [1.54, 1.807) is 7.11 Å². The summed E-state index contributed by atoms with van der Waals surface area (Å²) in [4.78, 5) is 0. The van der Waals surface area contributed by atoms with E-state index in [0.717, 1.165) is 17.9 Å². The van der Waals surface area contributed by atoms with Crippen molar-refractivity contribution in [2.45, 2.75) is 6.42 Å². The fourth-order valence-electron chi connectivity index (χ4n) is 1.75. The molecule has 0 heterocycles. The quantitative estimate of drug-likeness (QED) is 0.748. The Hall–Kier alpha value is -1.96. The maximum absolute atomic E-state index is 5.82. The Morgan fingerprint density at radius 3 is 2.94 bits per heavy atom. The monoisotopic (exact) mass is 242 g/mol. The highest BCUT2D eigenvalue weighted by Gasteiger charge is 2.05. The maximum atomic E-state index is 5.82. The molecule has 2 heteroatoms. The normalized spacial score (nSPS) is 21.9. The molecule has 0 bridgehead atoms. The second-order valence-electron chi connectivity index (χ2n) is 4.14. The summed E-state index contributed by atoms with van der Waals surface area (Å²) in [6.07, 6.45) is 21.2. The minimum Gasteiger partial charge on any atom is -0.497 e. The third kappa shape index (κ3) is 3.81. The molecule has 2 aliphatic rings. The van der Waals surface area contributed by atoms with Crippen molar-refractivity contribution < 1.29 is 9.47 Å². The van der Waals surface area contributed by atoms with Gasteiger partial charge in [0.05, 0.1) is 19.5 Å². The summed E-state index contributed by atoms with van der Waals surface area (Å²) in [5, 5.41) is 0. The first-order valence-electron chi connectivity index (χ1n) is 6.14. The zero-order chi connectivity index (χ0) is 12.6. The van der Waals surface area contributed by atoms with E-state index in [1.807, 2.05) is 42.5 Å². The molecule has 0 fully saturated rings. The van der Waals surface area contributed by atoms with Crippen LogP contribution in [-0.4, -0.2) is 13.7 Å². The van der Waals surface area contributed by atoms with E-state index >= 15 is 0 Å². The first-order valence-corrected chi connectivity index (χ1v) is 6.14. The third-order valence-electron chi connectivity index (χ3n) is 2.78. The molecular formula is C16H18O2. The summed E-state index contributed by atoms with van der Waals surface area (Å²) in [7, 11) is 1.68. The number of hydrogen-bond acceptors (Lipinski definition) is 2. The van der Waals surface area contributed by atoms with E-state index in [2.05, 4.69) is 18.2 Å². The second kappa shape index (κ2) is 6.70. The average Bonchev–Trinajstić information content (AvgIpc) is 2.78. The third-order valence-corrected chi connectivity index (χ3v) is 2.78. The molecule has 1 atom stereocenters. The zero-order valence-electron chi connectivity index (χ0n) is 10.6. The molecule has 0 aliphatic heterocycles. The standard InChI is InChI=1S/C16H18O2/c1-17-15-10-6-7-14(11-12-15)13-18-16-8-4-2-3-5-9-16/h2-8,10-12,14H,9,13H2,1H3. The number of hydrogen-bond donors (Lipinski definition) is 0.